The molecule has 0 amide bonds. The van der Waals surface area contributed by atoms with E-state index in [2.05, 4.69) is 53.4 Å². The summed E-state index contributed by atoms with van der Waals surface area (Å²) >= 11 is 0. The predicted octanol–water partition coefficient (Wildman–Crippen LogP) is 6.24. The zero-order valence-electron chi connectivity index (χ0n) is 20.5. The minimum Gasteiger partial charge on any atom is -0.497 e. The Morgan fingerprint density at radius 1 is 0.857 bits per heavy atom. The molecule has 3 aromatic rings. The molecule has 2 heterocycles. The maximum Gasteiger partial charge on any atom is 0.131 e. The van der Waals surface area contributed by atoms with Gasteiger partial charge in [0.15, 0.2) is 0 Å². The molecule has 0 N–H and O–H groups in total. The summed E-state index contributed by atoms with van der Waals surface area (Å²) in [6.07, 6.45) is 5.54. The van der Waals surface area contributed by atoms with Crippen molar-refractivity contribution in [2.45, 2.75) is 25.4 Å². The Bertz CT molecular complexity index is 1150. The molecule has 5 heteroatoms. The topological polar surface area (TPSA) is 40.2 Å². The summed E-state index contributed by atoms with van der Waals surface area (Å²) in [5.41, 5.74) is 4.59. The van der Waals surface area contributed by atoms with Gasteiger partial charge in [0, 0.05) is 24.6 Å². The normalized spacial score (nSPS) is 18.7. The van der Waals surface area contributed by atoms with Crippen LogP contribution in [0.4, 0.5) is 0 Å². The second kappa shape index (κ2) is 10.9. The molecule has 2 aliphatic rings. The number of methoxy groups -OCH3 is 2. The monoisotopic (exact) mass is 471 g/mol. The minimum atomic E-state index is -0.0854. The first kappa shape index (κ1) is 23.3. The van der Waals surface area contributed by atoms with Crippen LogP contribution in [0.25, 0.3) is 11.6 Å². The quantitative estimate of drug-likeness (QED) is 0.389. The van der Waals surface area contributed by atoms with E-state index in [1.807, 2.05) is 24.3 Å². The van der Waals surface area contributed by atoms with Gasteiger partial charge < -0.3 is 18.9 Å². The predicted molar refractivity (Wildman–Crippen MR) is 139 cm³/mol. The van der Waals surface area contributed by atoms with Gasteiger partial charge in [0.25, 0.3) is 0 Å². The van der Waals surface area contributed by atoms with Gasteiger partial charge in [0.05, 0.1) is 14.2 Å². The molecular weight excluding hydrogens is 438 g/mol. The number of ether oxygens (including phenoxy) is 4. The summed E-state index contributed by atoms with van der Waals surface area (Å²) in [6, 6.07) is 22.5. The molecule has 0 radical (unpaired) electrons. The molecule has 5 rings (SSSR count). The van der Waals surface area contributed by atoms with E-state index < -0.39 is 0 Å². The van der Waals surface area contributed by atoms with Crippen LogP contribution < -0.4 is 18.9 Å². The zero-order valence-corrected chi connectivity index (χ0v) is 20.5. The van der Waals surface area contributed by atoms with Gasteiger partial charge in [-0.15, -0.1) is 0 Å². The van der Waals surface area contributed by atoms with E-state index in [-0.39, 0.29) is 6.10 Å². The molecule has 1 unspecified atom stereocenters. The van der Waals surface area contributed by atoms with Crippen molar-refractivity contribution in [3.63, 3.8) is 0 Å². The van der Waals surface area contributed by atoms with Crippen LogP contribution in [0.1, 0.15) is 42.1 Å². The third kappa shape index (κ3) is 5.63. The number of hydrogen-bond donors (Lipinski definition) is 0. The Hall–Kier alpha value is -3.44. The molecule has 0 aromatic heterocycles. The van der Waals surface area contributed by atoms with Crippen molar-refractivity contribution in [1.82, 2.24) is 4.90 Å². The van der Waals surface area contributed by atoms with E-state index in [0.29, 0.717) is 0 Å². The zero-order chi connectivity index (χ0) is 24.0. The molecule has 5 nitrogen and oxygen atoms in total. The summed E-state index contributed by atoms with van der Waals surface area (Å²) < 4.78 is 23.2. The summed E-state index contributed by atoms with van der Waals surface area (Å²) in [7, 11) is 3.36. The smallest absolute Gasteiger partial charge is 0.131 e. The van der Waals surface area contributed by atoms with Crippen LogP contribution in [0, 0.1) is 0 Å². The second-order valence-corrected chi connectivity index (χ2v) is 9.08. The summed E-state index contributed by atoms with van der Waals surface area (Å²) in [4.78, 5) is 2.46. The average Bonchev–Trinajstić information content (AvgIpc) is 3.42. The van der Waals surface area contributed by atoms with E-state index in [9.17, 15) is 0 Å². The van der Waals surface area contributed by atoms with Gasteiger partial charge in [-0.2, -0.15) is 0 Å². The fraction of sp³-hybridized carbons (Fsp3) is 0.333. The third-order valence-corrected chi connectivity index (χ3v) is 6.79. The van der Waals surface area contributed by atoms with Gasteiger partial charge >= 0.3 is 0 Å². The number of likely N-dealkylation sites (tertiary alicyclic amines) is 1. The minimum absolute atomic E-state index is 0.0854. The van der Waals surface area contributed by atoms with Crippen molar-refractivity contribution in [2.24, 2.45) is 0 Å². The van der Waals surface area contributed by atoms with Crippen molar-refractivity contribution in [2.75, 3.05) is 40.5 Å². The summed E-state index contributed by atoms with van der Waals surface area (Å²) in [6.45, 7) is 4.10. The first-order valence-corrected chi connectivity index (χ1v) is 12.4. The van der Waals surface area contributed by atoms with Crippen molar-refractivity contribution in [3.05, 3.63) is 83.4 Å². The Labute approximate surface area is 207 Å². The Morgan fingerprint density at radius 2 is 1.54 bits per heavy atom. The number of fused-ring (bicyclic) bond motifs is 1. The molecule has 1 saturated heterocycles. The van der Waals surface area contributed by atoms with Crippen molar-refractivity contribution >= 4 is 11.6 Å². The van der Waals surface area contributed by atoms with Gasteiger partial charge in [0.1, 0.15) is 35.7 Å². The van der Waals surface area contributed by atoms with Crippen molar-refractivity contribution in [1.29, 1.82) is 0 Å². The molecule has 182 valence electrons. The maximum absolute atomic E-state index is 6.47. The highest BCUT2D eigenvalue weighted by Gasteiger charge is 2.26. The highest BCUT2D eigenvalue weighted by Crippen LogP contribution is 2.44. The van der Waals surface area contributed by atoms with Crippen molar-refractivity contribution in [3.8, 4) is 23.0 Å². The summed E-state index contributed by atoms with van der Waals surface area (Å²) in [5, 5.41) is 0. The fourth-order valence-corrected chi connectivity index (χ4v) is 4.80. The van der Waals surface area contributed by atoms with Gasteiger partial charge in [-0.25, -0.2) is 0 Å². The summed E-state index contributed by atoms with van der Waals surface area (Å²) in [5.74, 6) is 3.38. The fourth-order valence-electron chi connectivity index (χ4n) is 4.80. The average molecular weight is 472 g/mol. The standard InChI is InChI=1S/C30H33NO4/c1-32-25-9-5-22(6-10-25)19-24-20-29(35-30-21-27(33-2)13-14-28(24)30)23-7-11-26(12-8-23)34-18-17-31-15-3-4-16-31/h5-14,19,21,29H,3-4,15-18,20H2,1-2H3/b24-19+. The molecule has 3 aromatic carbocycles. The molecular formula is C30H33NO4. The maximum atomic E-state index is 6.47. The van der Waals surface area contributed by atoms with E-state index >= 15 is 0 Å². The molecule has 35 heavy (non-hydrogen) atoms. The van der Waals surface area contributed by atoms with E-state index in [1.54, 1.807) is 14.2 Å². The van der Waals surface area contributed by atoms with Crippen LogP contribution in [-0.2, 0) is 0 Å². The molecule has 0 bridgehead atoms. The highest BCUT2D eigenvalue weighted by molar-refractivity contribution is 5.85. The third-order valence-electron chi connectivity index (χ3n) is 6.79. The number of nitrogens with zero attached hydrogens (tertiary/aromatic N) is 1. The second-order valence-electron chi connectivity index (χ2n) is 9.08. The lowest BCUT2D eigenvalue weighted by atomic mass is 9.91. The van der Waals surface area contributed by atoms with E-state index in [0.717, 1.165) is 59.3 Å². The highest BCUT2D eigenvalue weighted by atomic mass is 16.5. The van der Waals surface area contributed by atoms with E-state index in [1.165, 1.54) is 31.5 Å². The first-order valence-electron chi connectivity index (χ1n) is 12.4. The number of benzene rings is 3. The molecule has 1 atom stereocenters. The number of rotatable bonds is 8. The van der Waals surface area contributed by atoms with Crippen LogP contribution in [-0.4, -0.2) is 45.4 Å². The Balaban J connectivity index is 1.34. The largest absolute Gasteiger partial charge is 0.497 e. The Kier molecular flexibility index (Phi) is 7.24. The van der Waals surface area contributed by atoms with Gasteiger partial charge in [-0.1, -0.05) is 30.3 Å². The SMILES string of the molecule is COc1ccc(/C=C2\CC(c3ccc(OCCN4CCCC4)cc3)Oc3cc(OC)ccc32)cc1. The molecule has 0 spiro atoms. The molecule has 0 saturated carbocycles. The van der Waals surface area contributed by atoms with Crippen LogP contribution in [0.5, 0.6) is 23.0 Å². The Morgan fingerprint density at radius 3 is 2.26 bits per heavy atom. The van der Waals surface area contributed by atoms with E-state index in [4.69, 9.17) is 18.9 Å². The van der Waals surface area contributed by atoms with Crippen LogP contribution in [0.3, 0.4) is 0 Å². The van der Waals surface area contributed by atoms with Crippen LogP contribution in [0.2, 0.25) is 0 Å². The van der Waals surface area contributed by atoms with Crippen LogP contribution in [0.15, 0.2) is 66.7 Å². The van der Waals surface area contributed by atoms with Gasteiger partial charge in [0.2, 0.25) is 0 Å². The lowest BCUT2D eigenvalue weighted by Crippen LogP contribution is -2.25. The van der Waals surface area contributed by atoms with Crippen LogP contribution >= 0.6 is 0 Å². The lowest BCUT2D eigenvalue weighted by Gasteiger charge is -2.29. The molecule has 2 aliphatic heterocycles. The van der Waals surface area contributed by atoms with Gasteiger partial charge in [-0.05, 0) is 79.0 Å². The lowest BCUT2D eigenvalue weighted by molar-refractivity contribution is 0.201. The molecule has 0 aliphatic carbocycles. The first-order chi connectivity index (χ1) is 17.2. The van der Waals surface area contributed by atoms with Gasteiger partial charge in [-0.3, -0.25) is 4.90 Å². The molecule has 1 fully saturated rings. The number of hydrogen-bond acceptors (Lipinski definition) is 5. The van der Waals surface area contributed by atoms with Crippen molar-refractivity contribution < 1.29 is 18.9 Å².